The van der Waals surface area contributed by atoms with E-state index in [1.807, 2.05) is 13.8 Å². The Kier molecular flexibility index (Phi) is 9.68. The summed E-state index contributed by atoms with van der Waals surface area (Å²) in [5.74, 6) is 0. The Bertz CT molecular complexity index is 1050. The molecule has 180 valence electrons. The van der Waals surface area contributed by atoms with E-state index in [-0.39, 0.29) is 18.3 Å². The van der Waals surface area contributed by atoms with E-state index in [0.717, 1.165) is 19.3 Å². The molecule has 4 rings (SSSR count). The van der Waals surface area contributed by atoms with Gasteiger partial charge in [-0.2, -0.15) is 0 Å². The van der Waals surface area contributed by atoms with Gasteiger partial charge in [0, 0.05) is 5.41 Å². The number of benzene rings is 2. The lowest BCUT2D eigenvalue weighted by Crippen LogP contribution is -2.29. The van der Waals surface area contributed by atoms with Gasteiger partial charge in [0.25, 0.3) is 0 Å². The monoisotopic (exact) mass is 452 g/mol. The lowest BCUT2D eigenvalue weighted by atomic mass is 9.66. The highest BCUT2D eigenvalue weighted by Crippen LogP contribution is 2.57. The number of rotatable bonds is 6. The van der Waals surface area contributed by atoms with Crippen molar-refractivity contribution in [2.24, 2.45) is 5.41 Å². The number of hydrogen-bond acceptors (Lipinski definition) is 0. The van der Waals surface area contributed by atoms with Crippen molar-refractivity contribution >= 4 is 0 Å². The van der Waals surface area contributed by atoms with Gasteiger partial charge in [0.1, 0.15) is 0 Å². The average molecular weight is 453 g/mol. The summed E-state index contributed by atoms with van der Waals surface area (Å²) < 4.78 is 0. The van der Waals surface area contributed by atoms with Crippen LogP contribution in [-0.2, 0) is 5.41 Å². The van der Waals surface area contributed by atoms with Gasteiger partial charge in [-0.1, -0.05) is 153 Å². The van der Waals surface area contributed by atoms with Crippen molar-refractivity contribution in [3.8, 4) is 11.1 Å². The zero-order valence-electron chi connectivity index (χ0n) is 21.4. The molecular weight excluding hydrogens is 408 g/mol. The van der Waals surface area contributed by atoms with E-state index >= 15 is 0 Å². The predicted molar refractivity (Wildman–Crippen MR) is 153 cm³/mol. The first-order chi connectivity index (χ1) is 16.0. The minimum atomic E-state index is -0.296. The molecule has 2 aromatic rings. The van der Waals surface area contributed by atoms with Gasteiger partial charge in [-0.25, -0.2) is 0 Å². The van der Waals surface area contributed by atoms with Crippen LogP contribution in [0.15, 0.2) is 108 Å². The van der Waals surface area contributed by atoms with Crippen LogP contribution in [0.2, 0.25) is 0 Å². The largest absolute Gasteiger partial charge is 0.0845 e. The SMILES string of the molecule is C.CC.CC/C=C\C(=C/CCC)C1(C2=CC=CC(C)(C)C=C2)c2ccccc2-c2ccccc21. The van der Waals surface area contributed by atoms with Crippen molar-refractivity contribution in [3.05, 3.63) is 119 Å². The first-order valence-corrected chi connectivity index (χ1v) is 12.7. The number of unbranched alkanes of at least 4 members (excludes halogenated alkanes) is 1. The maximum Gasteiger partial charge on any atom is 0.0710 e. The van der Waals surface area contributed by atoms with Crippen LogP contribution in [0.1, 0.15) is 79.4 Å². The normalized spacial score (nSPS) is 17.1. The molecule has 0 saturated heterocycles. The van der Waals surface area contributed by atoms with Crippen molar-refractivity contribution in [3.63, 3.8) is 0 Å². The number of allylic oxidation sites excluding steroid dienone is 10. The molecule has 0 nitrogen and oxygen atoms in total. The summed E-state index contributed by atoms with van der Waals surface area (Å²) in [5.41, 5.74) is 7.97. The zero-order chi connectivity index (χ0) is 23.9. The summed E-state index contributed by atoms with van der Waals surface area (Å²) in [6.07, 6.45) is 22.0. The van der Waals surface area contributed by atoms with Crippen LogP contribution in [0.5, 0.6) is 0 Å². The Morgan fingerprint density at radius 1 is 0.853 bits per heavy atom. The summed E-state index contributed by atoms with van der Waals surface area (Å²) in [4.78, 5) is 0. The minimum absolute atomic E-state index is 0. The first-order valence-electron chi connectivity index (χ1n) is 12.7. The van der Waals surface area contributed by atoms with Gasteiger partial charge in [0.05, 0.1) is 5.41 Å². The molecule has 34 heavy (non-hydrogen) atoms. The lowest BCUT2D eigenvalue weighted by Gasteiger charge is -2.36. The van der Waals surface area contributed by atoms with Crippen molar-refractivity contribution in [1.82, 2.24) is 0 Å². The standard InChI is InChI=1S/C31H34.C2H6.CH4/c1-5-7-14-24(15-8-6-2)31(25-16-13-22-30(3,4)23-21-25)28-19-11-9-17-26(28)27-18-10-12-20-29(27)31;1-2;/h7,9-23H,5-6,8H2,1-4H3;1-2H3;1H4/b14-7-,24-15+;;. The quantitative estimate of drug-likeness (QED) is 0.382. The molecule has 0 bridgehead atoms. The summed E-state index contributed by atoms with van der Waals surface area (Å²) in [7, 11) is 0. The van der Waals surface area contributed by atoms with Crippen LogP contribution in [-0.4, -0.2) is 0 Å². The molecule has 0 fully saturated rings. The summed E-state index contributed by atoms with van der Waals surface area (Å²) in [6.45, 7) is 13.0. The third kappa shape index (κ3) is 4.97. The highest BCUT2D eigenvalue weighted by atomic mass is 14.5. The molecule has 0 N–H and O–H groups in total. The summed E-state index contributed by atoms with van der Waals surface area (Å²) >= 11 is 0. The third-order valence-corrected chi connectivity index (χ3v) is 6.50. The average Bonchev–Trinajstić information content (AvgIpc) is 3.01. The van der Waals surface area contributed by atoms with Crippen molar-refractivity contribution < 1.29 is 0 Å². The van der Waals surface area contributed by atoms with E-state index in [1.165, 1.54) is 33.4 Å². The Labute approximate surface area is 209 Å². The van der Waals surface area contributed by atoms with E-state index in [4.69, 9.17) is 0 Å². The summed E-state index contributed by atoms with van der Waals surface area (Å²) in [5, 5.41) is 0. The molecule has 0 atom stereocenters. The molecule has 0 saturated carbocycles. The lowest BCUT2D eigenvalue weighted by molar-refractivity contribution is 0.625. The van der Waals surface area contributed by atoms with Crippen LogP contribution in [0.25, 0.3) is 11.1 Å². The zero-order valence-corrected chi connectivity index (χ0v) is 21.4. The second-order valence-electron chi connectivity index (χ2n) is 9.24. The van der Waals surface area contributed by atoms with Crippen LogP contribution in [0.4, 0.5) is 0 Å². The van der Waals surface area contributed by atoms with E-state index < -0.39 is 0 Å². The molecule has 2 aliphatic rings. The van der Waals surface area contributed by atoms with Gasteiger partial charge >= 0.3 is 0 Å². The van der Waals surface area contributed by atoms with Crippen molar-refractivity contribution in [2.45, 2.75) is 73.6 Å². The van der Waals surface area contributed by atoms with Gasteiger partial charge < -0.3 is 0 Å². The van der Waals surface area contributed by atoms with Gasteiger partial charge in [-0.05, 0) is 46.2 Å². The minimum Gasteiger partial charge on any atom is -0.0845 e. The topological polar surface area (TPSA) is 0 Å². The molecule has 0 amide bonds. The van der Waals surface area contributed by atoms with E-state index in [2.05, 4.69) is 125 Å². The number of hydrogen-bond donors (Lipinski definition) is 0. The smallest absolute Gasteiger partial charge is 0.0710 e. The summed E-state index contributed by atoms with van der Waals surface area (Å²) in [6, 6.07) is 18.0. The molecule has 0 radical (unpaired) electrons. The fourth-order valence-corrected chi connectivity index (χ4v) is 4.98. The third-order valence-electron chi connectivity index (χ3n) is 6.50. The highest BCUT2D eigenvalue weighted by Gasteiger charge is 2.47. The Morgan fingerprint density at radius 2 is 1.44 bits per heavy atom. The van der Waals surface area contributed by atoms with Crippen LogP contribution in [0, 0.1) is 5.41 Å². The van der Waals surface area contributed by atoms with E-state index in [0.29, 0.717) is 0 Å². The fourth-order valence-electron chi connectivity index (χ4n) is 4.98. The Hall–Kier alpha value is -2.86. The van der Waals surface area contributed by atoms with Gasteiger partial charge in [0.15, 0.2) is 0 Å². The molecule has 0 aromatic heterocycles. The predicted octanol–water partition coefficient (Wildman–Crippen LogP) is 10.4. The Balaban J connectivity index is 0.00000133. The maximum absolute atomic E-state index is 2.47. The van der Waals surface area contributed by atoms with E-state index in [9.17, 15) is 0 Å². The molecule has 0 spiro atoms. The van der Waals surface area contributed by atoms with Crippen molar-refractivity contribution in [1.29, 1.82) is 0 Å². The maximum atomic E-state index is 2.47. The number of fused-ring (bicyclic) bond motifs is 3. The van der Waals surface area contributed by atoms with Gasteiger partial charge in [0.2, 0.25) is 0 Å². The molecule has 0 unspecified atom stereocenters. The molecule has 0 heterocycles. The van der Waals surface area contributed by atoms with Crippen LogP contribution < -0.4 is 0 Å². The second-order valence-corrected chi connectivity index (χ2v) is 9.24. The van der Waals surface area contributed by atoms with Gasteiger partial charge in [-0.3, -0.25) is 0 Å². The van der Waals surface area contributed by atoms with Crippen LogP contribution in [0.3, 0.4) is 0 Å². The highest BCUT2D eigenvalue weighted by molar-refractivity contribution is 5.87. The second kappa shape index (κ2) is 12.0. The molecule has 0 aliphatic heterocycles. The first kappa shape index (κ1) is 27.4. The van der Waals surface area contributed by atoms with Crippen molar-refractivity contribution in [2.75, 3.05) is 0 Å². The molecular formula is C34H44. The van der Waals surface area contributed by atoms with Crippen LogP contribution >= 0.6 is 0 Å². The van der Waals surface area contributed by atoms with E-state index in [1.54, 1.807) is 0 Å². The van der Waals surface area contributed by atoms with Gasteiger partial charge in [-0.15, -0.1) is 0 Å². The fraction of sp³-hybridized carbons (Fsp3) is 0.353. The molecule has 2 aromatic carbocycles. The Morgan fingerprint density at radius 3 is 2.00 bits per heavy atom. The molecule has 2 aliphatic carbocycles. The molecule has 0 heteroatoms.